The fraction of sp³-hybridized carbons (Fsp3) is 0.364. The van der Waals surface area contributed by atoms with Crippen LogP contribution in [0.5, 0.6) is 5.75 Å². The maximum absolute atomic E-state index is 13.3. The van der Waals surface area contributed by atoms with Crippen LogP contribution >= 0.6 is 11.6 Å². The van der Waals surface area contributed by atoms with Gasteiger partial charge in [0.05, 0.1) is 17.2 Å². The van der Waals surface area contributed by atoms with Crippen LogP contribution in [0.2, 0.25) is 5.02 Å². The third-order valence-corrected chi connectivity index (χ3v) is 2.30. The van der Waals surface area contributed by atoms with Crippen LogP contribution in [0.25, 0.3) is 0 Å². The van der Waals surface area contributed by atoms with Gasteiger partial charge in [0, 0.05) is 6.07 Å². The number of hydrogen-bond acceptors (Lipinski definition) is 2. The Kier molecular flexibility index (Phi) is 4.55. The molecule has 0 amide bonds. The van der Waals surface area contributed by atoms with Crippen molar-refractivity contribution < 1.29 is 19.0 Å². The second-order valence-electron chi connectivity index (χ2n) is 3.27. The van der Waals surface area contributed by atoms with Crippen molar-refractivity contribution in [2.75, 3.05) is 6.61 Å². The molecular formula is C11H12ClFO3. The van der Waals surface area contributed by atoms with E-state index in [0.29, 0.717) is 6.61 Å². The summed E-state index contributed by atoms with van der Waals surface area (Å²) in [6.45, 7) is 2.43. The number of carboxylic acids is 1. The SMILES string of the molecule is CCCCOc1cc(F)c(C(=O)O)cc1Cl. The smallest absolute Gasteiger partial charge is 0.338 e. The van der Waals surface area contributed by atoms with Crippen LogP contribution in [0.3, 0.4) is 0 Å². The highest BCUT2D eigenvalue weighted by molar-refractivity contribution is 6.32. The summed E-state index contributed by atoms with van der Waals surface area (Å²) in [5, 5.41) is 8.76. The van der Waals surface area contributed by atoms with Crippen LogP contribution in [0.1, 0.15) is 30.1 Å². The van der Waals surface area contributed by atoms with Gasteiger partial charge in [-0.25, -0.2) is 9.18 Å². The largest absolute Gasteiger partial charge is 0.492 e. The van der Waals surface area contributed by atoms with E-state index in [1.807, 2.05) is 6.92 Å². The number of aromatic carboxylic acids is 1. The molecule has 0 aliphatic carbocycles. The van der Waals surface area contributed by atoms with Crippen LogP contribution in [-0.2, 0) is 0 Å². The van der Waals surface area contributed by atoms with Crippen LogP contribution in [0.4, 0.5) is 4.39 Å². The first-order valence-corrected chi connectivity index (χ1v) is 5.29. The Balaban J connectivity index is 2.88. The van der Waals surface area contributed by atoms with Gasteiger partial charge in [-0.3, -0.25) is 0 Å². The monoisotopic (exact) mass is 246 g/mol. The van der Waals surface area contributed by atoms with Crippen molar-refractivity contribution in [2.45, 2.75) is 19.8 Å². The second kappa shape index (κ2) is 5.70. The Morgan fingerprint density at radius 1 is 1.56 bits per heavy atom. The Morgan fingerprint density at radius 2 is 2.25 bits per heavy atom. The molecule has 0 aliphatic heterocycles. The highest BCUT2D eigenvalue weighted by Crippen LogP contribution is 2.27. The molecule has 88 valence electrons. The first-order valence-electron chi connectivity index (χ1n) is 4.91. The van der Waals surface area contributed by atoms with Crippen LogP contribution < -0.4 is 4.74 Å². The van der Waals surface area contributed by atoms with E-state index in [0.717, 1.165) is 25.0 Å². The van der Waals surface area contributed by atoms with Gasteiger partial charge >= 0.3 is 5.97 Å². The lowest BCUT2D eigenvalue weighted by Gasteiger charge is -2.08. The molecule has 1 rings (SSSR count). The second-order valence-corrected chi connectivity index (χ2v) is 3.68. The number of halogens is 2. The fourth-order valence-electron chi connectivity index (χ4n) is 1.13. The number of ether oxygens (including phenoxy) is 1. The van der Waals surface area contributed by atoms with Gasteiger partial charge in [-0.1, -0.05) is 24.9 Å². The number of rotatable bonds is 5. The average Bonchev–Trinajstić information content (AvgIpc) is 2.22. The summed E-state index contributed by atoms with van der Waals surface area (Å²) in [5.74, 6) is -2.01. The summed E-state index contributed by atoms with van der Waals surface area (Å²) < 4.78 is 18.5. The minimum atomic E-state index is -1.35. The van der Waals surface area contributed by atoms with Crippen molar-refractivity contribution in [3.8, 4) is 5.75 Å². The van der Waals surface area contributed by atoms with E-state index in [4.69, 9.17) is 21.4 Å². The number of unbranched alkanes of at least 4 members (excludes halogenated alkanes) is 1. The van der Waals surface area contributed by atoms with E-state index < -0.39 is 17.3 Å². The highest BCUT2D eigenvalue weighted by Gasteiger charge is 2.14. The third-order valence-electron chi connectivity index (χ3n) is 2.01. The maximum atomic E-state index is 13.3. The normalized spacial score (nSPS) is 10.2. The minimum absolute atomic E-state index is 0.106. The van der Waals surface area contributed by atoms with E-state index in [2.05, 4.69) is 0 Å². The Labute approximate surface area is 97.8 Å². The van der Waals surface area contributed by atoms with E-state index in [-0.39, 0.29) is 10.8 Å². The maximum Gasteiger partial charge on any atom is 0.338 e. The first-order chi connectivity index (χ1) is 7.56. The molecule has 0 spiro atoms. The van der Waals surface area contributed by atoms with Crippen molar-refractivity contribution >= 4 is 17.6 Å². The molecule has 16 heavy (non-hydrogen) atoms. The van der Waals surface area contributed by atoms with Crippen molar-refractivity contribution in [2.24, 2.45) is 0 Å². The van der Waals surface area contributed by atoms with Gasteiger partial charge in [0.1, 0.15) is 11.6 Å². The van der Waals surface area contributed by atoms with Gasteiger partial charge in [0.15, 0.2) is 0 Å². The zero-order valence-electron chi connectivity index (χ0n) is 8.80. The molecule has 0 bridgehead atoms. The molecule has 0 fully saturated rings. The van der Waals surface area contributed by atoms with Gasteiger partial charge in [-0.2, -0.15) is 0 Å². The molecule has 0 atom stereocenters. The van der Waals surface area contributed by atoms with Gasteiger partial charge in [0.25, 0.3) is 0 Å². The molecular weight excluding hydrogens is 235 g/mol. The molecule has 3 nitrogen and oxygen atoms in total. The molecule has 1 aromatic carbocycles. The fourth-order valence-corrected chi connectivity index (χ4v) is 1.35. The highest BCUT2D eigenvalue weighted by atomic mass is 35.5. The lowest BCUT2D eigenvalue weighted by molar-refractivity contribution is 0.0692. The molecule has 0 aromatic heterocycles. The molecule has 1 N–H and O–H groups in total. The zero-order valence-corrected chi connectivity index (χ0v) is 9.55. The number of carboxylic acid groups (broad SMARTS) is 1. The average molecular weight is 247 g/mol. The summed E-state index contributed by atoms with van der Waals surface area (Å²) in [7, 11) is 0. The molecule has 0 saturated carbocycles. The Bertz CT molecular complexity index is 393. The van der Waals surface area contributed by atoms with Gasteiger partial charge in [-0.05, 0) is 12.5 Å². The summed E-state index contributed by atoms with van der Waals surface area (Å²) in [4.78, 5) is 10.6. The van der Waals surface area contributed by atoms with Crippen LogP contribution in [0, 0.1) is 5.82 Å². The molecule has 0 heterocycles. The molecule has 0 aliphatic rings. The zero-order chi connectivity index (χ0) is 12.1. The van der Waals surface area contributed by atoms with Crippen molar-refractivity contribution in [3.05, 3.63) is 28.5 Å². The Hall–Kier alpha value is -1.29. The van der Waals surface area contributed by atoms with Crippen molar-refractivity contribution in [1.82, 2.24) is 0 Å². The van der Waals surface area contributed by atoms with E-state index in [9.17, 15) is 9.18 Å². The molecule has 5 heteroatoms. The summed E-state index contributed by atoms with van der Waals surface area (Å²) in [5.41, 5.74) is -0.451. The Morgan fingerprint density at radius 3 is 2.81 bits per heavy atom. The lowest BCUT2D eigenvalue weighted by atomic mass is 10.2. The summed E-state index contributed by atoms with van der Waals surface area (Å²) in [6.07, 6.45) is 1.78. The number of hydrogen-bond donors (Lipinski definition) is 1. The summed E-state index contributed by atoms with van der Waals surface area (Å²) in [6, 6.07) is 2.06. The van der Waals surface area contributed by atoms with Gasteiger partial charge in [-0.15, -0.1) is 0 Å². The van der Waals surface area contributed by atoms with Crippen LogP contribution in [-0.4, -0.2) is 17.7 Å². The van der Waals surface area contributed by atoms with E-state index >= 15 is 0 Å². The predicted octanol–water partition coefficient (Wildman–Crippen LogP) is 3.36. The third kappa shape index (κ3) is 3.10. The van der Waals surface area contributed by atoms with E-state index in [1.54, 1.807) is 0 Å². The summed E-state index contributed by atoms with van der Waals surface area (Å²) >= 11 is 5.77. The van der Waals surface area contributed by atoms with Gasteiger partial charge < -0.3 is 9.84 Å². The lowest BCUT2D eigenvalue weighted by Crippen LogP contribution is -2.03. The topological polar surface area (TPSA) is 46.5 Å². The van der Waals surface area contributed by atoms with Crippen molar-refractivity contribution in [1.29, 1.82) is 0 Å². The van der Waals surface area contributed by atoms with Crippen molar-refractivity contribution in [3.63, 3.8) is 0 Å². The predicted molar refractivity (Wildman–Crippen MR) is 58.8 cm³/mol. The standard InChI is InChI=1S/C11H12ClFO3/c1-2-3-4-16-10-6-9(13)7(11(14)15)5-8(10)12/h5-6H,2-4H2,1H3,(H,14,15). The van der Waals surface area contributed by atoms with Crippen LogP contribution in [0.15, 0.2) is 12.1 Å². The van der Waals surface area contributed by atoms with Gasteiger partial charge in [0.2, 0.25) is 0 Å². The number of carbonyl (C=O) groups is 1. The quantitative estimate of drug-likeness (QED) is 0.811. The first kappa shape index (κ1) is 12.8. The molecule has 0 saturated heterocycles. The molecule has 0 radical (unpaired) electrons. The molecule has 0 unspecified atom stereocenters. The van der Waals surface area contributed by atoms with E-state index in [1.165, 1.54) is 0 Å². The minimum Gasteiger partial charge on any atom is -0.492 e. The number of benzene rings is 1. The molecule has 1 aromatic rings.